The summed E-state index contributed by atoms with van der Waals surface area (Å²) in [5.74, 6) is 2.23. The Bertz CT molecular complexity index is 1610. The molecule has 0 saturated carbocycles. The Morgan fingerprint density at radius 2 is 1.98 bits per heavy atom. The van der Waals surface area contributed by atoms with Crippen molar-refractivity contribution in [3.8, 4) is 6.07 Å². The summed E-state index contributed by atoms with van der Waals surface area (Å²) in [5, 5.41) is 28.4. The summed E-state index contributed by atoms with van der Waals surface area (Å²) < 4.78 is 1.76. The van der Waals surface area contributed by atoms with E-state index in [1.54, 1.807) is 23.0 Å². The van der Waals surface area contributed by atoms with Crippen molar-refractivity contribution in [2.45, 2.75) is 58.5 Å². The van der Waals surface area contributed by atoms with E-state index in [1.807, 2.05) is 56.5 Å². The van der Waals surface area contributed by atoms with Gasteiger partial charge in [0.15, 0.2) is 5.82 Å². The maximum Gasteiger partial charge on any atom is 0.407 e. The molecular formula is C30H37N7O4S. The third kappa shape index (κ3) is 5.45. The number of carbonyl (C=O) groups excluding carboxylic acids is 1. The molecule has 0 spiro atoms. The number of rotatable bonds is 5. The van der Waals surface area contributed by atoms with Crippen LogP contribution in [0.4, 0.5) is 16.3 Å². The van der Waals surface area contributed by atoms with Crippen molar-refractivity contribution in [3.63, 3.8) is 0 Å². The van der Waals surface area contributed by atoms with Crippen LogP contribution in [0.15, 0.2) is 35.3 Å². The van der Waals surface area contributed by atoms with E-state index in [0.29, 0.717) is 40.8 Å². The monoisotopic (exact) mass is 591 g/mol. The molecule has 0 aliphatic carbocycles. The Hall–Kier alpha value is -3.98. The number of H-pyrrole nitrogens is 1. The number of benzene rings is 1. The molecule has 11 nitrogen and oxygen atoms in total. The van der Waals surface area contributed by atoms with Crippen LogP contribution in [-0.2, 0) is 5.54 Å². The van der Waals surface area contributed by atoms with E-state index in [-0.39, 0.29) is 35.9 Å². The minimum absolute atomic E-state index is 0.0186. The number of pyridine rings is 1. The molecule has 2 amide bonds. The van der Waals surface area contributed by atoms with Crippen LogP contribution in [0.25, 0.3) is 10.9 Å². The van der Waals surface area contributed by atoms with E-state index in [4.69, 9.17) is 5.10 Å². The van der Waals surface area contributed by atoms with Crippen molar-refractivity contribution in [1.29, 1.82) is 5.26 Å². The third-order valence-corrected chi connectivity index (χ3v) is 9.43. The lowest BCUT2D eigenvalue weighted by atomic mass is 9.72. The number of hydrogen-bond acceptors (Lipinski definition) is 7. The van der Waals surface area contributed by atoms with Gasteiger partial charge in [-0.15, -0.1) is 0 Å². The molecule has 2 unspecified atom stereocenters. The smallest absolute Gasteiger partial charge is 0.407 e. The fourth-order valence-electron chi connectivity index (χ4n) is 6.22. The van der Waals surface area contributed by atoms with Crippen molar-refractivity contribution in [3.05, 3.63) is 51.9 Å². The predicted octanol–water partition coefficient (Wildman–Crippen LogP) is 4.76. The second kappa shape index (κ2) is 11.4. The molecule has 0 bridgehead atoms. The first-order valence-electron chi connectivity index (χ1n) is 14.2. The average molecular weight is 592 g/mol. The summed E-state index contributed by atoms with van der Waals surface area (Å²) in [7, 11) is 0. The lowest BCUT2D eigenvalue weighted by molar-refractivity contribution is 0.00719. The first-order valence-corrected chi connectivity index (χ1v) is 15.3. The van der Waals surface area contributed by atoms with Crippen LogP contribution in [0, 0.1) is 23.7 Å². The van der Waals surface area contributed by atoms with Gasteiger partial charge in [-0.25, -0.2) is 4.79 Å². The Morgan fingerprint density at radius 1 is 1.24 bits per heavy atom. The molecule has 2 atom stereocenters. The van der Waals surface area contributed by atoms with Crippen LogP contribution in [0.2, 0.25) is 0 Å². The van der Waals surface area contributed by atoms with E-state index in [0.717, 1.165) is 30.2 Å². The Morgan fingerprint density at radius 3 is 2.62 bits per heavy atom. The summed E-state index contributed by atoms with van der Waals surface area (Å²) in [6.45, 7) is 9.60. The SMILES string of the molecule is Cc1cc(Nc2nn(C3(CC#N)CCN(C(=O)O)C(C(C)(C)C)C3)c3cc[nH]c(=O)c23)ccc1C(=O)N1CCSCC1. The van der Waals surface area contributed by atoms with Crippen LogP contribution in [0.1, 0.15) is 56.0 Å². The number of nitrogens with zero attached hydrogens (tertiary/aromatic N) is 5. The number of aryl methyl sites for hydroxylation is 1. The molecule has 2 fully saturated rings. The third-order valence-electron chi connectivity index (χ3n) is 8.49. The van der Waals surface area contributed by atoms with Gasteiger partial charge in [-0.2, -0.15) is 22.1 Å². The number of amides is 2. The number of nitriles is 1. The highest BCUT2D eigenvalue weighted by molar-refractivity contribution is 7.99. The molecule has 4 heterocycles. The number of fused-ring (bicyclic) bond motifs is 1. The molecule has 2 saturated heterocycles. The summed E-state index contributed by atoms with van der Waals surface area (Å²) in [6.07, 6.45) is 1.45. The number of hydrogen-bond donors (Lipinski definition) is 3. The Labute approximate surface area is 248 Å². The Balaban J connectivity index is 1.54. The Kier molecular flexibility index (Phi) is 7.98. The molecule has 3 N–H and O–H groups in total. The van der Waals surface area contributed by atoms with E-state index >= 15 is 0 Å². The molecule has 2 aliphatic rings. The highest BCUT2D eigenvalue weighted by Crippen LogP contribution is 2.44. The minimum atomic E-state index is -0.985. The molecule has 0 radical (unpaired) electrons. The molecule has 3 aromatic rings. The van der Waals surface area contributed by atoms with Gasteiger partial charge in [0.2, 0.25) is 0 Å². The fraction of sp³-hybridized carbons (Fsp3) is 0.500. The normalized spacial score (nSPS) is 21.3. The molecule has 222 valence electrons. The zero-order valence-electron chi connectivity index (χ0n) is 24.4. The lowest BCUT2D eigenvalue weighted by Gasteiger charge is -2.49. The first kappa shape index (κ1) is 29.5. The van der Waals surface area contributed by atoms with E-state index in [9.17, 15) is 24.8 Å². The number of likely N-dealkylation sites (tertiary alicyclic amines) is 1. The molecule has 42 heavy (non-hydrogen) atoms. The topological polar surface area (TPSA) is 147 Å². The average Bonchev–Trinajstić information content (AvgIpc) is 3.33. The van der Waals surface area contributed by atoms with Gasteiger partial charge in [-0.05, 0) is 55.0 Å². The van der Waals surface area contributed by atoms with Crippen molar-refractivity contribution >= 4 is 46.2 Å². The van der Waals surface area contributed by atoms with Gasteiger partial charge < -0.3 is 25.2 Å². The van der Waals surface area contributed by atoms with Crippen molar-refractivity contribution < 1.29 is 14.7 Å². The molecule has 12 heteroatoms. The van der Waals surface area contributed by atoms with Crippen molar-refractivity contribution in [2.75, 3.05) is 36.5 Å². The van der Waals surface area contributed by atoms with Gasteiger partial charge in [0.25, 0.3) is 11.5 Å². The van der Waals surface area contributed by atoms with Crippen LogP contribution in [-0.4, -0.2) is 78.9 Å². The maximum absolute atomic E-state index is 13.1. The number of thioether (sulfide) groups is 1. The number of aromatic nitrogens is 3. The molecule has 5 rings (SSSR count). The van der Waals surface area contributed by atoms with Gasteiger partial charge in [0.1, 0.15) is 5.39 Å². The van der Waals surface area contributed by atoms with Gasteiger partial charge in [-0.3, -0.25) is 14.3 Å². The predicted molar refractivity (Wildman–Crippen MR) is 163 cm³/mol. The molecular weight excluding hydrogens is 554 g/mol. The number of carbonyl (C=O) groups is 2. The number of anilines is 2. The second-order valence-electron chi connectivity index (χ2n) is 12.3. The van der Waals surface area contributed by atoms with Crippen LogP contribution in [0.5, 0.6) is 0 Å². The van der Waals surface area contributed by atoms with Crippen LogP contribution in [0.3, 0.4) is 0 Å². The summed E-state index contributed by atoms with van der Waals surface area (Å²) >= 11 is 1.85. The standard InChI is InChI=1S/C30H37N7O4S/c1-19-17-20(5-6-21(19)27(39)35-13-15-42-16-14-35)33-25-24-22(7-11-32-26(24)38)37(34-25)30(8-10-31)9-12-36(28(40)41)23(18-30)29(2,3)4/h5-7,11,17,23H,8-9,12-16,18H2,1-4H3,(H,32,38)(H,33,34)(H,40,41). The van der Waals surface area contributed by atoms with E-state index in [1.165, 1.54) is 4.90 Å². The van der Waals surface area contributed by atoms with Gasteiger partial charge in [0.05, 0.1) is 23.5 Å². The van der Waals surface area contributed by atoms with Gasteiger partial charge in [0, 0.05) is 54.6 Å². The second-order valence-corrected chi connectivity index (χ2v) is 13.5. The minimum Gasteiger partial charge on any atom is -0.465 e. The van der Waals surface area contributed by atoms with E-state index < -0.39 is 11.6 Å². The molecule has 1 aromatic carbocycles. The van der Waals surface area contributed by atoms with E-state index in [2.05, 4.69) is 16.4 Å². The van der Waals surface area contributed by atoms with Gasteiger partial charge in [-0.1, -0.05) is 20.8 Å². The van der Waals surface area contributed by atoms with Crippen molar-refractivity contribution in [1.82, 2.24) is 24.6 Å². The molecule has 2 aromatic heterocycles. The van der Waals surface area contributed by atoms with Gasteiger partial charge >= 0.3 is 6.09 Å². The largest absolute Gasteiger partial charge is 0.465 e. The fourth-order valence-corrected chi connectivity index (χ4v) is 7.12. The highest BCUT2D eigenvalue weighted by atomic mass is 32.2. The first-order chi connectivity index (χ1) is 19.9. The summed E-state index contributed by atoms with van der Waals surface area (Å²) in [4.78, 5) is 44.5. The van der Waals surface area contributed by atoms with Crippen molar-refractivity contribution in [2.24, 2.45) is 5.41 Å². The zero-order valence-corrected chi connectivity index (χ0v) is 25.3. The molecule has 2 aliphatic heterocycles. The maximum atomic E-state index is 13.1. The lowest BCUT2D eigenvalue weighted by Crippen LogP contribution is -2.57. The summed E-state index contributed by atoms with van der Waals surface area (Å²) in [6, 6.07) is 9.21. The van der Waals surface area contributed by atoms with Crippen LogP contribution >= 0.6 is 11.8 Å². The van der Waals surface area contributed by atoms with Crippen LogP contribution < -0.4 is 10.9 Å². The zero-order chi connectivity index (χ0) is 30.2. The quantitative estimate of drug-likeness (QED) is 0.385. The number of aromatic amines is 1. The summed E-state index contributed by atoms with van der Waals surface area (Å²) in [5.41, 5.74) is 1.18. The number of nitrogens with one attached hydrogen (secondary N) is 2. The highest BCUT2D eigenvalue weighted by Gasteiger charge is 2.48. The number of carboxylic acid groups (broad SMARTS) is 1. The number of piperidine rings is 1.